The summed E-state index contributed by atoms with van der Waals surface area (Å²) in [6.07, 6.45) is 7.06. The van der Waals surface area contributed by atoms with Crippen LogP contribution in [0.4, 0.5) is 0 Å². The van der Waals surface area contributed by atoms with Crippen molar-refractivity contribution < 1.29 is 76.0 Å². The fourth-order valence-corrected chi connectivity index (χ4v) is 5.44. The van der Waals surface area contributed by atoms with E-state index in [9.17, 15) is 33.6 Å². The molecule has 346 valence electrons. The van der Waals surface area contributed by atoms with Gasteiger partial charge in [0, 0.05) is 61.1 Å². The molecule has 0 saturated carbocycles. The first-order valence-corrected chi connectivity index (χ1v) is 19.0. The molecule has 3 aromatic rings. The van der Waals surface area contributed by atoms with Crippen LogP contribution in [0.5, 0.6) is 0 Å². The van der Waals surface area contributed by atoms with Crippen LogP contribution >= 0.6 is 0 Å². The molecule has 0 aromatic carbocycles. The summed E-state index contributed by atoms with van der Waals surface area (Å²) in [6.45, 7) is 17.0. The van der Waals surface area contributed by atoms with E-state index >= 15 is 0 Å². The Morgan fingerprint density at radius 3 is 1.29 bits per heavy atom. The van der Waals surface area contributed by atoms with Crippen molar-refractivity contribution in [1.82, 2.24) is 9.13 Å². The molecule has 0 aliphatic carbocycles. The number of nitrogens with zero attached hydrogens (tertiary/aromatic N) is 2. The number of esters is 3. The van der Waals surface area contributed by atoms with Gasteiger partial charge in [-0.1, -0.05) is 20.8 Å². The largest absolute Gasteiger partial charge is 0.468 e. The number of hydrogen-bond acceptors (Lipinski definition) is 19. The number of aromatic nitrogens is 2. The average Bonchev–Trinajstić information content (AvgIpc) is 3.25. The van der Waals surface area contributed by atoms with E-state index in [0.717, 1.165) is 17.7 Å². The highest BCUT2D eigenvalue weighted by atomic mass is 16.7. The van der Waals surface area contributed by atoms with E-state index in [1.165, 1.54) is 18.7 Å². The maximum atomic E-state index is 12.3. The lowest BCUT2D eigenvalue weighted by Crippen LogP contribution is -2.29. The first-order chi connectivity index (χ1) is 29.9. The van der Waals surface area contributed by atoms with Crippen molar-refractivity contribution >= 4 is 42.6 Å². The van der Waals surface area contributed by atoms with Gasteiger partial charge in [0.25, 0.3) is 0 Å². The first kappa shape index (κ1) is 60.3. The van der Waals surface area contributed by atoms with Gasteiger partial charge in [-0.2, -0.15) is 28.8 Å². The minimum Gasteiger partial charge on any atom is -0.468 e. The molecule has 0 spiro atoms. The van der Waals surface area contributed by atoms with E-state index in [1.54, 1.807) is 60.3 Å². The van der Waals surface area contributed by atoms with Crippen LogP contribution in [0.2, 0.25) is 0 Å². The molecule has 3 heterocycles. The average molecular weight is 891 g/mol. The molecule has 0 aliphatic heterocycles. The van der Waals surface area contributed by atoms with Gasteiger partial charge in [-0.05, 0) is 54.4 Å². The summed E-state index contributed by atoms with van der Waals surface area (Å²) < 4.78 is 33.5. The Labute approximate surface area is 362 Å². The van der Waals surface area contributed by atoms with Gasteiger partial charge in [-0.3, -0.25) is 14.4 Å². The molecule has 0 bridgehead atoms. The molecular weight excluding hydrogens is 836 g/mol. The van der Waals surface area contributed by atoms with Crippen LogP contribution in [0.3, 0.4) is 0 Å². The van der Waals surface area contributed by atoms with E-state index in [2.05, 4.69) is 0 Å². The Bertz CT molecular complexity index is 2180. The summed E-state index contributed by atoms with van der Waals surface area (Å²) in [5.74, 6) is -1.27. The molecule has 3 rings (SSSR count). The maximum absolute atomic E-state index is 12.3. The van der Waals surface area contributed by atoms with Crippen LogP contribution in [-0.4, -0.2) is 92.1 Å². The number of ether oxygens (including phenoxy) is 5. The van der Waals surface area contributed by atoms with Gasteiger partial charge in [-0.15, -0.1) is 0 Å². The SMILES string of the molecule is CCOC(=O)c1cn(CC(OC)OC)c(CC)c(C)c1=O.CCOC(=O)c1cn(CC=O)c(CC)c(C)c1=O.CCOC(=O)c1coc(CC)c(C)c1=O.O=C=O.O=C=O.O=C=O. The summed E-state index contributed by atoms with van der Waals surface area (Å²) in [4.78, 5) is 130. The van der Waals surface area contributed by atoms with Crippen molar-refractivity contribution in [3.05, 3.63) is 99.9 Å². The highest BCUT2D eigenvalue weighted by Gasteiger charge is 2.20. The minimum absolute atomic E-state index is 0.0200. The number of carbonyl (C=O) groups is 4. The van der Waals surface area contributed by atoms with E-state index in [1.807, 2.05) is 25.3 Å². The summed E-state index contributed by atoms with van der Waals surface area (Å²) in [6, 6.07) is 0. The predicted molar refractivity (Wildman–Crippen MR) is 215 cm³/mol. The smallest absolute Gasteiger partial charge is 0.373 e. The molecule has 0 N–H and O–H groups in total. The van der Waals surface area contributed by atoms with Gasteiger partial charge >= 0.3 is 36.4 Å². The fraction of sp³-hybridized carbons (Fsp3) is 0.476. The number of aldehydes is 1. The zero-order chi connectivity index (χ0) is 49.2. The Balaban J connectivity index is -0.000000787. The second kappa shape index (κ2) is 34.7. The number of rotatable bonds is 15. The minimum atomic E-state index is -0.645. The van der Waals surface area contributed by atoms with E-state index in [4.69, 9.17) is 56.9 Å². The molecule has 21 nitrogen and oxygen atoms in total. The lowest BCUT2D eigenvalue weighted by Gasteiger charge is -2.20. The fourth-order valence-electron chi connectivity index (χ4n) is 5.44. The lowest BCUT2D eigenvalue weighted by atomic mass is 10.1. The van der Waals surface area contributed by atoms with Crippen LogP contribution < -0.4 is 16.3 Å². The first-order valence-electron chi connectivity index (χ1n) is 19.0. The third-order valence-electron chi connectivity index (χ3n) is 8.24. The normalized spacial score (nSPS) is 9.33. The maximum Gasteiger partial charge on any atom is 0.373 e. The molecule has 0 unspecified atom stereocenters. The van der Waals surface area contributed by atoms with Gasteiger partial charge in [-0.25, -0.2) is 14.4 Å². The Morgan fingerprint density at radius 2 is 0.952 bits per heavy atom. The highest BCUT2D eigenvalue weighted by molar-refractivity contribution is 5.90. The van der Waals surface area contributed by atoms with Crippen LogP contribution in [0.1, 0.15) is 106 Å². The van der Waals surface area contributed by atoms with Crippen LogP contribution in [-0.2, 0) is 89.6 Å². The van der Waals surface area contributed by atoms with Crippen molar-refractivity contribution in [3.63, 3.8) is 0 Å². The van der Waals surface area contributed by atoms with E-state index < -0.39 is 24.2 Å². The number of carbonyl (C=O) groups excluding carboxylic acids is 10. The summed E-state index contributed by atoms with van der Waals surface area (Å²) >= 11 is 0. The Kier molecular flexibility index (Phi) is 33.2. The molecule has 0 amide bonds. The van der Waals surface area contributed by atoms with Crippen molar-refractivity contribution in [2.75, 3.05) is 34.0 Å². The van der Waals surface area contributed by atoms with Crippen LogP contribution in [0.15, 0.2) is 37.5 Å². The number of methoxy groups -OCH3 is 2. The molecule has 0 atom stereocenters. The third-order valence-corrected chi connectivity index (χ3v) is 8.24. The molecule has 0 aliphatic rings. The van der Waals surface area contributed by atoms with Gasteiger partial charge in [0.2, 0.25) is 5.43 Å². The summed E-state index contributed by atoms with van der Waals surface area (Å²) in [5.41, 5.74) is 2.20. The standard InChI is InChI=1S/C15H23NO5.C13H17NO4.C11H14O4.3CO2/c1-6-12-10(3)14(17)11(15(18)21-7-2)8-16(12)9-13(19-4)20-5;1-4-11-9(3)12(16)10(13(17)18-5-2)8-14(11)6-7-15;1-4-9-7(3)10(12)8(6-15-9)11(13)14-5-2;3*2-1-3/h8,13H,6-7,9H2,1-5H3;7-8H,4-6H2,1-3H3;6H,4-5H2,1-3H3;;;. The van der Waals surface area contributed by atoms with Gasteiger partial charge in [0.05, 0.1) is 32.9 Å². The quantitative estimate of drug-likeness (QED) is 0.0916. The Morgan fingerprint density at radius 1 is 0.603 bits per heavy atom. The zero-order valence-electron chi connectivity index (χ0n) is 37.2. The Hall–Kier alpha value is -7.01. The second-order valence-electron chi connectivity index (χ2n) is 11.8. The third kappa shape index (κ3) is 19.9. The zero-order valence-corrected chi connectivity index (χ0v) is 37.2. The molecule has 0 saturated heterocycles. The van der Waals surface area contributed by atoms with Crippen molar-refractivity contribution in [2.45, 2.75) is 101 Å². The predicted octanol–water partition coefficient (Wildman–Crippen LogP) is 2.55. The molecule has 0 radical (unpaired) electrons. The molecular formula is C42H54N2O19. The highest BCUT2D eigenvalue weighted by Crippen LogP contribution is 2.12. The number of hydrogen-bond donors (Lipinski definition) is 0. The molecule has 3 aromatic heterocycles. The second-order valence-corrected chi connectivity index (χ2v) is 11.8. The summed E-state index contributed by atoms with van der Waals surface area (Å²) in [5, 5.41) is 0. The van der Waals surface area contributed by atoms with Gasteiger partial charge < -0.3 is 42.0 Å². The van der Waals surface area contributed by atoms with Crippen molar-refractivity contribution in [2.24, 2.45) is 0 Å². The van der Waals surface area contributed by atoms with Crippen LogP contribution in [0, 0.1) is 20.8 Å². The molecule has 21 heteroatoms. The number of pyridine rings is 2. The summed E-state index contributed by atoms with van der Waals surface area (Å²) in [7, 11) is 3.09. The molecule has 0 fully saturated rings. The van der Waals surface area contributed by atoms with E-state index in [-0.39, 0.29) is 77.8 Å². The monoisotopic (exact) mass is 890 g/mol. The van der Waals surface area contributed by atoms with Crippen molar-refractivity contribution in [3.8, 4) is 0 Å². The van der Waals surface area contributed by atoms with Crippen molar-refractivity contribution in [1.29, 1.82) is 0 Å². The van der Waals surface area contributed by atoms with E-state index in [0.29, 0.717) is 48.3 Å². The number of aryl methyl sites for hydroxylation is 1. The molecule has 63 heavy (non-hydrogen) atoms. The van der Waals surface area contributed by atoms with Crippen LogP contribution in [0.25, 0.3) is 0 Å². The van der Waals surface area contributed by atoms with Gasteiger partial charge in [0.1, 0.15) is 35.0 Å². The van der Waals surface area contributed by atoms with Gasteiger partial charge in [0.15, 0.2) is 17.1 Å². The topological polar surface area (TPSA) is 291 Å². The lowest BCUT2D eigenvalue weighted by molar-refractivity contribution is -0.193.